The Labute approximate surface area is 199 Å². The van der Waals surface area contributed by atoms with Gasteiger partial charge in [0.1, 0.15) is 0 Å². The van der Waals surface area contributed by atoms with Crippen LogP contribution in [0.15, 0.2) is 90.9 Å². The smallest absolute Gasteiger partial charge is 0.283 e. The molecule has 0 fully saturated rings. The van der Waals surface area contributed by atoms with E-state index in [-0.39, 0.29) is 5.41 Å². The SMILES string of the molecule is CC1(C)c2cc(-c3nnc(-c4ccco4)o3)ccc2-c2ccc(-c3nnc(-c4ccco4)o3)cc21. The predicted molar refractivity (Wildman–Crippen MR) is 126 cm³/mol. The maximum absolute atomic E-state index is 5.88. The third kappa shape index (κ3) is 3.00. The van der Waals surface area contributed by atoms with Crippen LogP contribution < -0.4 is 0 Å². The summed E-state index contributed by atoms with van der Waals surface area (Å²) >= 11 is 0. The third-order valence-corrected chi connectivity index (χ3v) is 6.48. The quantitative estimate of drug-likeness (QED) is 0.288. The first-order valence-corrected chi connectivity index (χ1v) is 11.1. The minimum absolute atomic E-state index is 0.260. The molecule has 0 aliphatic heterocycles. The monoisotopic (exact) mass is 462 g/mol. The van der Waals surface area contributed by atoms with Gasteiger partial charge in [-0.3, -0.25) is 0 Å². The second-order valence-corrected chi connectivity index (χ2v) is 8.93. The summed E-state index contributed by atoms with van der Waals surface area (Å²) in [5.74, 6) is 2.69. The zero-order chi connectivity index (χ0) is 23.6. The van der Waals surface area contributed by atoms with Gasteiger partial charge >= 0.3 is 0 Å². The van der Waals surface area contributed by atoms with Crippen molar-refractivity contribution >= 4 is 0 Å². The zero-order valence-electron chi connectivity index (χ0n) is 18.9. The number of benzene rings is 2. The molecule has 0 unspecified atom stereocenters. The molecule has 0 atom stereocenters. The topological polar surface area (TPSA) is 104 Å². The van der Waals surface area contributed by atoms with Gasteiger partial charge in [-0.1, -0.05) is 26.0 Å². The van der Waals surface area contributed by atoms with Crippen LogP contribution in [0.5, 0.6) is 0 Å². The summed E-state index contributed by atoms with van der Waals surface area (Å²) in [6.07, 6.45) is 3.16. The molecule has 1 aliphatic rings. The van der Waals surface area contributed by atoms with Crippen LogP contribution in [0.3, 0.4) is 0 Å². The van der Waals surface area contributed by atoms with Crippen molar-refractivity contribution in [2.24, 2.45) is 0 Å². The number of nitrogens with zero attached hydrogens (tertiary/aromatic N) is 4. The predicted octanol–water partition coefficient (Wildman–Crippen LogP) is 6.61. The Hall–Kier alpha value is -4.72. The minimum Gasteiger partial charge on any atom is -0.459 e. The van der Waals surface area contributed by atoms with E-state index in [4.69, 9.17) is 17.7 Å². The van der Waals surface area contributed by atoms with Crippen LogP contribution in [0.2, 0.25) is 0 Å². The van der Waals surface area contributed by atoms with Gasteiger partial charge in [-0.05, 0) is 70.8 Å². The lowest BCUT2D eigenvalue weighted by Gasteiger charge is -2.22. The van der Waals surface area contributed by atoms with E-state index in [2.05, 4.69) is 58.5 Å². The summed E-state index contributed by atoms with van der Waals surface area (Å²) in [5.41, 5.74) is 6.17. The Morgan fingerprint density at radius 2 is 1.03 bits per heavy atom. The Kier molecular flexibility index (Phi) is 4.02. The first kappa shape index (κ1) is 19.7. The second kappa shape index (κ2) is 7.14. The molecule has 0 spiro atoms. The summed E-state index contributed by atoms with van der Waals surface area (Å²) in [5, 5.41) is 16.7. The van der Waals surface area contributed by atoms with E-state index in [0.29, 0.717) is 35.1 Å². The Bertz CT molecular complexity index is 1550. The van der Waals surface area contributed by atoms with Crippen molar-refractivity contribution in [1.82, 2.24) is 20.4 Å². The molecule has 0 saturated heterocycles. The highest BCUT2D eigenvalue weighted by molar-refractivity contribution is 5.84. The lowest BCUT2D eigenvalue weighted by molar-refractivity contribution is 0.523. The molecule has 4 heterocycles. The largest absolute Gasteiger partial charge is 0.459 e. The minimum atomic E-state index is -0.260. The van der Waals surface area contributed by atoms with Gasteiger partial charge in [-0.2, -0.15) is 0 Å². The molecule has 35 heavy (non-hydrogen) atoms. The van der Waals surface area contributed by atoms with Gasteiger partial charge in [0.05, 0.1) is 12.5 Å². The first-order chi connectivity index (χ1) is 17.1. The summed E-state index contributed by atoms with van der Waals surface area (Å²) in [4.78, 5) is 0. The van der Waals surface area contributed by atoms with Crippen molar-refractivity contribution in [2.75, 3.05) is 0 Å². The highest BCUT2D eigenvalue weighted by atomic mass is 16.4. The molecule has 0 bridgehead atoms. The van der Waals surface area contributed by atoms with Gasteiger partial charge in [0, 0.05) is 16.5 Å². The highest BCUT2D eigenvalue weighted by Gasteiger charge is 2.36. The molecule has 7 rings (SSSR count). The summed E-state index contributed by atoms with van der Waals surface area (Å²) < 4.78 is 22.5. The molecule has 0 radical (unpaired) electrons. The lowest BCUT2D eigenvalue weighted by atomic mass is 9.81. The summed E-state index contributed by atoms with van der Waals surface area (Å²) in [6, 6.07) is 19.6. The molecule has 0 N–H and O–H groups in total. The maximum Gasteiger partial charge on any atom is 0.283 e. The molecule has 4 aromatic heterocycles. The fourth-order valence-electron chi connectivity index (χ4n) is 4.68. The number of furan rings is 2. The normalized spacial score (nSPS) is 13.7. The third-order valence-electron chi connectivity index (χ3n) is 6.48. The van der Waals surface area contributed by atoms with Gasteiger partial charge in [0.15, 0.2) is 11.5 Å². The molecule has 170 valence electrons. The van der Waals surface area contributed by atoms with E-state index in [1.165, 1.54) is 22.3 Å². The number of fused-ring (bicyclic) bond motifs is 3. The molecule has 2 aromatic carbocycles. The van der Waals surface area contributed by atoms with E-state index in [1.807, 2.05) is 12.1 Å². The molecule has 8 heteroatoms. The highest BCUT2D eigenvalue weighted by Crippen LogP contribution is 2.50. The lowest BCUT2D eigenvalue weighted by Crippen LogP contribution is -2.15. The maximum atomic E-state index is 5.88. The molecule has 0 saturated carbocycles. The van der Waals surface area contributed by atoms with Crippen molar-refractivity contribution in [3.05, 3.63) is 84.3 Å². The standard InChI is InChI=1S/C27H18N4O4/c1-27(2)19-13-15(23-28-30-25(34-23)21-5-3-11-32-21)7-9-17(19)18-10-8-16(14-20(18)27)24-29-31-26(35-24)22-6-4-12-33-22/h3-14H,1-2H3. The van der Waals surface area contributed by atoms with Crippen molar-refractivity contribution in [2.45, 2.75) is 19.3 Å². The molecular formula is C27H18N4O4. The zero-order valence-corrected chi connectivity index (χ0v) is 18.9. The van der Waals surface area contributed by atoms with E-state index in [0.717, 1.165) is 11.1 Å². The Balaban J connectivity index is 1.26. The van der Waals surface area contributed by atoms with E-state index in [9.17, 15) is 0 Å². The first-order valence-electron chi connectivity index (χ1n) is 11.1. The van der Waals surface area contributed by atoms with Crippen LogP contribution in [0, 0.1) is 0 Å². The second-order valence-electron chi connectivity index (χ2n) is 8.93. The number of hydrogen-bond donors (Lipinski definition) is 0. The average molecular weight is 462 g/mol. The van der Waals surface area contributed by atoms with E-state index in [1.54, 1.807) is 36.8 Å². The molecule has 6 aromatic rings. The van der Waals surface area contributed by atoms with E-state index < -0.39 is 0 Å². The van der Waals surface area contributed by atoms with Crippen LogP contribution in [0.25, 0.3) is 57.3 Å². The van der Waals surface area contributed by atoms with Gasteiger partial charge < -0.3 is 17.7 Å². The van der Waals surface area contributed by atoms with Gasteiger partial charge in [0.25, 0.3) is 11.8 Å². The van der Waals surface area contributed by atoms with Gasteiger partial charge in [-0.15, -0.1) is 20.4 Å². The molecule has 0 amide bonds. The average Bonchev–Trinajstić information content (AvgIpc) is 3.70. The Morgan fingerprint density at radius 3 is 1.46 bits per heavy atom. The Morgan fingerprint density at radius 1 is 0.571 bits per heavy atom. The van der Waals surface area contributed by atoms with Crippen molar-refractivity contribution in [1.29, 1.82) is 0 Å². The van der Waals surface area contributed by atoms with E-state index >= 15 is 0 Å². The molecule has 8 nitrogen and oxygen atoms in total. The number of aromatic nitrogens is 4. The van der Waals surface area contributed by atoms with Gasteiger partial charge in [0.2, 0.25) is 11.8 Å². The van der Waals surface area contributed by atoms with Crippen LogP contribution in [-0.4, -0.2) is 20.4 Å². The van der Waals surface area contributed by atoms with Crippen molar-refractivity contribution in [3.8, 4) is 57.3 Å². The van der Waals surface area contributed by atoms with Crippen molar-refractivity contribution in [3.63, 3.8) is 0 Å². The summed E-state index contributed by atoms with van der Waals surface area (Å²) in [6.45, 7) is 4.41. The summed E-state index contributed by atoms with van der Waals surface area (Å²) in [7, 11) is 0. The molecular weight excluding hydrogens is 444 g/mol. The fourth-order valence-corrected chi connectivity index (χ4v) is 4.68. The van der Waals surface area contributed by atoms with Crippen molar-refractivity contribution < 1.29 is 17.7 Å². The number of rotatable bonds is 4. The van der Waals surface area contributed by atoms with Crippen LogP contribution >= 0.6 is 0 Å². The van der Waals surface area contributed by atoms with Crippen LogP contribution in [0.4, 0.5) is 0 Å². The van der Waals surface area contributed by atoms with Crippen LogP contribution in [-0.2, 0) is 5.41 Å². The molecule has 1 aliphatic carbocycles. The number of hydrogen-bond acceptors (Lipinski definition) is 8. The fraction of sp³-hybridized carbons (Fsp3) is 0.111. The van der Waals surface area contributed by atoms with Crippen LogP contribution in [0.1, 0.15) is 25.0 Å². The van der Waals surface area contributed by atoms with Gasteiger partial charge in [-0.25, -0.2) is 0 Å².